The second-order valence-corrected chi connectivity index (χ2v) is 4.99. The van der Waals surface area contributed by atoms with E-state index in [0.29, 0.717) is 0 Å². The number of nitrogens with one attached hydrogen (secondary N) is 1. The van der Waals surface area contributed by atoms with Crippen LogP contribution in [0.1, 0.15) is 25.5 Å². The van der Waals surface area contributed by atoms with Gasteiger partial charge in [0.1, 0.15) is 12.1 Å². The lowest BCUT2D eigenvalue weighted by Gasteiger charge is -2.06. The minimum atomic E-state index is 0.284. The molecule has 96 valence electrons. The van der Waals surface area contributed by atoms with E-state index in [9.17, 15) is 0 Å². The standard InChI is InChI=1S/C12H21N3OS/c1-2-4-11-9-12(15-10-14-11)13-5-8-17-7-3-6-16/h9-10,16H,2-8H2,1H3,(H,13,14,15). The van der Waals surface area contributed by atoms with Gasteiger partial charge >= 0.3 is 0 Å². The Morgan fingerprint density at radius 3 is 3.00 bits per heavy atom. The average molecular weight is 255 g/mol. The molecule has 0 aliphatic carbocycles. The van der Waals surface area contributed by atoms with E-state index in [-0.39, 0.29) is 6.61 Å². The van der Waals surface area contributed by atoms with Gasteiger partial charge in [-0.2, -0.15) is 11.8 Å². The van der Waals surface area contributed by atoms with Crippen molar-refractivity contribution in [3.05, 3.63) is 18.1 Å². The van der Waals surface area contributed by atoms with Crippen LogP contribution in [0.2, 0.25) is 0 Å². The Morgan fingerprint density at radius 1 is 1.35 bits per heavy atom. The molecule has 1 aromatic heterocycles. The zero-order chi connectivity index (χ0) is 12.3. The number of nitrogens with zero attached hydrogens (tertiary/aromatic N) is 2. The Labute approximate surface area is 107 Å². The third-order valence-electron chi connectivity index (χ3n) is 2.23. The zero-order valence-electron chi connectivity index (χ0n) is 10.4. The largest absolute Gasteiger partial charge is 0.396 e. The van der Waals surface area contributed by atoms with Gasteiger partial charge in [-0.3, -0.25) is 0 Å². The van der Waals surface area contributed by atoms with Gasteiger partial charge in [-0.05, 0) is 18.6 Å². The lowest BCUT2D eigenvalue weighted by atomic mass is 10.2. The molecule has 4 nitrogen and oxygen atoms in total. The van der Waals surface area contributed by atoms with Crippen molar-refractivity contribution >= 4 is 17.6 Å². The molecular formula is C12H21N3OS. The second kappa shape index (κ2) is 9.24. The lowest BCUT2D eigenvalue weighted by Crippen LogP contribution is -2.07. The number of anilines is 1. The molecule has 0 bridgehead atoms. The molecule has 0 saturated heterocycles. The summed E-state index contributed by atoms with van der Waals surface area (Å²) in [7, 11) is 0. The first-order chi connectivity index (χ1) is 8.36. The van der Waals surface area contributed by atoms with Gasteiger partial charge in [0, 0.05) is 30.7 Å². The summed E-state index contributed by atoms with van der Waals surface area (Å²) in [4.78, 5) is 8.40. The summed E-state index contributed by atoms with van der Waals surface area (Å²) in [6.45, 7) is 3.33. The maximum absolute atomic E-state index is 8.64. The van der Waals surface area contributed by atoms with Crippen molar-refractivity contribution in [1.29, 1.82) is 0 Å². The van der Waals surface area contributed by atoms with Crippen LogP contribution in [0.25, 0.3) is 0 Å². The number of thioether (sulfide) groups is 1. The van der Waals surface area contributed by atoms with E-state index in [2.05, 4.69) is 22.2 Å². The second-order valence-electron chi connectivity index (χ2n) is 3.76. The van der Waals surface area contributed by atoms with Gasteiger partial charge < -0.3 is 10.4 Å². The summed E-state index contributed by atoms with van der Waals surface area (Å²) in [6, 6.07) is 2.02. The number of aliphatic hydroxyl groups excluding tert-OH is 1. The minimum absolute atomic E-state index is 0.284. The van der Waals surface area contributed by atoms with Crippen LogP contribution in [0.4, 0.5) is 5.82 Å². The van der Waals surface area contributed by atoms with Gasteiger partial charge in [-0.25, -0.2) is 9.97 Å². The molecule has 17 heavy (non-hydrogen) atoms. The quantitative estimate of drug-likeness (QED) is 0.661. The van der Waals surface area contributed by atoms with E-state index in [0.717, 1.165) is 48.8 Å². The van der Waals surface area contributed by atoms with Crippen LogP contribution < -0.4 is 5.32 Å². The summed E-state index contributed by atoms with van der Waals surface area (Å²) < 4.78 is 0. The van der Waals surface area contributed by atoms with E-state index < -0.39 is 0 Å². The topological polar surface area (TPSA) is 58.0 Å². The van der Waals surface area contributed by atoms with Crippen molar-refractivity contribution in [1.82, 2.24) is 9.97 Å². The number of rotatable bonds is 9. The molecule has 5 heteroatoms. The minimum Gasteiger partial charge on any atom is -0.396 e. The summed E-state index contributed by atoms with van der Waals surface area (Å²) >= 11 is 1.85. The summed E-state index contributed by atoms with van der Waals surface area (Å²) in [5.74, 6) is 2.96. The highest BCUT2D eigenvalue weighted by Crippen LogP contribution is 2.07. The molecule has 0 unspecified atom stereocenters. The van der Waals surface area contributed by atoms with Crippen LogP contribution in [-0.2, 0) is 6.42 Å². The average Bonchev–Trinajstić information content (AvgIpc) is 2.35. The first kappa shape index (κ1) is 14.3. The molecule has 0 spiro atoms. The Bertz CT molecular complexity index is 310. The molecule has 0 atom stereocenters. The molecule has 0 amide bonds. The van der Waals surface area contributed by atoms with E-state index >= 15 is 0 Å². The van der Waals surface area contributed by atoms with Crippen LogP contribution in [0.3, 0.4) is 0 Å². The summed E-state index contributed by atoms with van der Waals surface area (Å²) in [6.07, 6.45) is 4.60. The Balaban J connectivity index is 2.19. The predicted molar refractivity (Wildman–Crippen MR) is 73.5 cm³/mol. The number of aliphatic hydroxyl groups is 1. The fourth-order valence-corrected chi connectivity index (χ4v) is 2.19. The van der Waals surface area contributed by atoms with Gasteiger partial charge in [-0.15, -0.1) is 0 Å². The van der Waals surface area contributed by atoms with Crippen molar-refractivity contribution in [3.8, 4) is 0 Å². The smallest absolute Gasteiger partial charge is 0.129 e. The van der Waals surface area contributed by atoms with Gasteiger partial charge in [0.05, 0.1) is 0 Å². The van der Waals surface area contributed by atoms with Crippen molar-refractivity contribution in [2.45, 2.75) is 26.2 Å². The number of hydrogen-bond acceptors (Lipinski definition) is 5. The Hall–Kier alpha value is -0.810. The van der Waals surface area contributed by atoms with Crippen LogP contribution >= 0.6 is 11.8 Å². The van der Waals surface area contributed by atoms with Gasteiger partial charge in [0.15, 0.2) is 0 Å². The molecule has 0 aromatic carbocycles. The summed E-state index contributed by atoms with van der Waals surface area (Å²) in [5, 5.41) is 11.9. The van der Waals surface area contributed by atoms with Crippen molar-refractivity contribution < 1.29 is 5.11 Å². The van der Waals surface area contributed by atoms with E-state index in [1.165, 1.54) is 0 Å². The molecule has 1 aromatic rings. The highest BCUT2D eigenvalue weighted by Gasteiger charge is 1.97. The first-order valence-corrected chi connectivity index (χ1v) is 7.25. The molecular weight excluding hydrogens is 234 g/mol. The highest BCUT2D eigenvalue weighted by atomic mass is 32.2. The monoisotopic (exact) mass is 255 g/mol. The van der Waals surface area contributed by atoms with E-state index in [1.54, 1.807) is 6.33 Å². The van der Waals surface area contributed by atoms with Gasteiger partial charge in [0.25, 0.3) is 0 Å². The SMILES string of the molecule is CCCc1cc(NCCSCCCO)ncn1. The maximum atomic E-state index is 8.64. The molecule has 0 aliphatic rings. The van der Waals surface area contributed by atoms with Crippen LogP contribution in [0.15, 0.2) is 12.4 Å². The fourth-order valence-electron chi connectivity index (χ4n) is 1.41. The number of aryl methyl sites for hydroxylation is 1. The van der Waals surface area contributed by atoms with Crippen molar-refractivity contribution in [2.75, 3.05) is 30.0 Å². The van der Waals surface area contributed by atoms with Gasteiger partial charge in [0.2, 0.25) is 0 Å². The fraction of sp³-hybridized carbons (Fsp3) is 0.667. The third kappa shape index (κ3) is 6.48. The normalized spacial score (nSPS) is 10.5. The highest BCUT2D eigenvalue weighted by molar-refractivity contribution is 7.99. The molecule has 0 saturated carbocycles. The first-order valence-electron chi connectivity index (χ1n) is 6.10. The number of aromatic nitrogens is 2. The Morgan fingerprint density at radius 2 is 2.24 bits per heavy atom. The van der Waals surface area contributed by atoms with Gasteiger partial charge in [-0.1, -0.05) is 13.3 Å². The van der Waals surface area contributed by atoms with Crippen LogP contribution in [0.5, 0.6) is 0 Å². The van der Waals surface area contributed by atoms with Crippen LogP contribution in [-0.4, -0.2) is 39.7 Å². The lowest BCUT2D eigenvalue weighted by molar-refractivity contribution is 0.296. The molecule has 2 N–H and O–H groups in total. The molecule has 0 aliphatic heterocycles. The number of hydrogen-bond donors (Lipinski definition) is 2. The molecule has 1 rings (SSSR count). The summed E-state index contributed by atoms with van der Waals surface area (Å²) in [5.41, 5.74) is 1.10. The zero-order valence-corrected chi connectivity index (χ0v) is 11.2. The third-order valence-corrected chi connectivity index (χ3v) is 3.30. The Kier molecular flexibility index (Phi) is 7.75. The molecule has 0 fully saturated rings. The van der Waals surface area contributed by atoms with Crippen molar-refractivity contribution in [2.24, 2.45) is 0 Å². The maximum Gasteiger partial charge on any atom is 0.129 e. The van der Waals surface area contributed by atoms with E-state index in [1.807, 2.05) is 17.8 Å². The van der Waals surface area contributed by atoms with Crippen molar-refractivity contribution in [3.63, 3.8) is 0 Å². The van der Waals surface area contributed by atoms with Crippen LogP contribution in [0, 0.1) is 0 Å². The van der Waals surface area contributed by atoms with E-state index in [4.69, 9.17) is 5.11 Å². The molecule has 0 radical (unpaired) electrons. The predicted octanol–water partition coefficient (Wildman–Crippen LogP) is 1.96. The molecule has 1 heterocycles.